The highest BCUT2D eigenvalue weighted by Crippen LogP contribution is 2.11. The van der Waals surface area contributed by atoms with Crippen LogP contribution in [0.2, 0.25) is 0 Å². The first-order chi connectivity index (χ1) is 8.69. The maximum atomic E-state index is 5.23. The zero-order valence-electron chi connectivity index (χ0n) is 11.4. The molecular weight excluding hydrogens is 230 g/mol. The van der Waals surface area contributed by atoms with Crippen LogP contribution in [0.15, 0.2) is 0 Å². The predicted molar refractivity (Wildman–Crippen MR) is 70.9 cm³/mol. The van der Waals surface area contributed by atoms with Gasteiger partial charge in [0.15, 0.2) is 0 Å². The van der Waals surface area contributed by atoms with Crippen LogP contribution in [0.25, 0.3) is 0 Å². The fourth-order valence-electron chi connectivity index (χ4n) is 2.11. The number of H-pyrrole nitrogens is 1. The maximum Gasteiger partial charge on any atom is 0.244 e. The Kier molecular flexibility index (Phi) is 4.54. The predicted octanol–water partition coefficient (Wildman–Crippen LogP) is 0.570. The van der Waals surface area contributed by atoms with E-state index >= 15 is 0 Å². The third kappa shape index (κ3) is 3.43. The number of methoxy groups -OCH3 is 1. The first-order valence-electron chi connectivity index (χ1n) is 6.61. The van der Waals surface area contributed by atoms with E-state index in [0.29, 0.717) is 6.04 Å². The van der Waals surface area contributed by atoms with Crippen molar-refractivity contribution in [2.75, 3.05) is 31.6 Å². The SMILES string of the molecule is COC(C)CCc1nc(N2CCNC(C)C2)n[nH]1. The molecule has 1 aromatic heterocycles. The highest BCUT2D eigenvalue weighted by Gasteiger charge is 2.19. The number of piperazine rings is 1. The van der Waals surface area contributed by atoms with E-state index < -0.39 is 0 Å². The number of hydrogen-bond donors (Lipinski definition) is 2. The molecule has 102 valence electrons. The lowest BCUT2D eigenvalue weighted by Crippen LogP contribution is -2.49. The molecule has 1 saturated heterocycles. The van der Waals surface area contributed by atoms with Crippen LogP contribution >= 0.6 is 0 Å². The van der Waals surface area contributed by atoms with Crippen molar-refractivity contribution in [2.24, 2.45) is 0 Å². The molecule has 2 atom stereocenters. The van der Waals surface area contributed by atoms with Gasteiger partial charge in [0.25, 0.3) is 0 Å². The van der Waals surface area contributed by atoms with Crippen LogP contribution < -0.4 is 10.2 Å². The number of anilines is 1. The monoisotopic (exact) mass is 253 g/mol. The number of nitrogens with one attached hydrogen (secondary N) is 2. The normalized spacial score (nSPS) is 22.2. The van der Waals surface area contributed by atoms with Crippen molar-refractivity contribution in [1.82, 2.24) is 20.5 Å². The second kappa shape index (κ2) is 6.15. The molecule has 6 nitrogen and oxygen atoms in total. The standard InChI is InChI=1S/C12H23N5O/c1-9-8-17(7-6-13-9)12-14-11(15-16-12)5-4-10(2)18-3/h9-10,13H,4-8H2,1-3H3,(H,14,15,16). The Balaban J connectivity index is 1.89. The second-order valence-corrected chi connectivity index (χ2v) is 4.97. The van der Waals surface area contributed by atoms with E-state index in [1.807, 2.05) is 0 Å². The van der Waals surface area contributed by atoms with Crippen LogP contribution in [0.3, 0.4) is 0 Å². The Labute approximate surface area is 108 Å². The molecule has 2 unspecified atom stereocenters. The lowest BCUT2D eigenvalue weighted by atomic mass is 10.2. The summed E-state index contributed by atoms with van der Waals surface area (Å²) in [6.07, 6.45) is 2.10. The zero-order chi connectivity index (χ0) is 13.0. The molecule has 0 radical (unpaired) electrons. The van der Waals surface area contributed by atoms with Crippen LogP contribution in [0.4, 0.5) is 5.95 Å². The van der Waals surface area contributed by atoms with E-state index in [1.54, 1.807) is 7.11 Å². The van der Waals surface area contributed by atoms with Gasteiger partial charge < -0.3 is 15.0 Å². The van der Waals surface area contributed by atoms with E-state index in [4.69, 9.17) is 4.74 Å². The molecule has 0 saturated carbocycles. The molecule has 1 aromatic rings. The number of aryl methyl sites for hydroxylation is 1. The molecular formula is C12H23N5O. The summed E-state index contributed by atoms with van der Waals surface area (Å²) in [5.74, 6) is 1.77. The Hall–Kier alpha value is -1.14. The molecule has 1 aliphatic heterocycles. The number of aromatic amines is 1. The summed E-state index contributed by atoms with van der Waals surface area (Å²) >= 11 is 0. The number of nitrogens with zero attached hydrogens (tertiary/aromatic N) is 3. The van der Waals surface area contributed by atoms with Gasteiger partial charge in [-0.3, -0.25) is 5.10 Å². The number of ether oxygens (including phenoxy) is 1. The van der Waals surface area contributed by atoms with Gasteiger partial charge in [0.05, 0.1) is 6.10 Å². The lowest BCUT2D eigenvalue weighted by molar-refractivity contribution is 0.111. The smallest absolute Gasteiger partial charge is 0.244 e. The minimum absolute atomic E-state index is 0.262. The Bertz CT molecular complexity index is 367. The maximum absolute atomic E-state index is 5.23. The van der Waals surface area contributed by atoms with Crippen molar-refractivity contribution in [1.29, 1.82) is 0 Å². The highest BCUT2D eigenvalue weighted by molar-refractivity contribution is 5.30. The molecule has 2 N–H and O–H groups in total. The molecule has 0 bridgehead atoms. The number of rotatable bonds is 5. The molecule has 1 aliphatic rings. The van der Waals surface area contributed by atoms with E-state index in [9.17, 15) is 0 Å². The summed E-state index contributed by atoms with van der Waals surface area (Å²) in [4.78, 5) is 6.77. The fraction of sp³-hybridized carbons (Fsp3) is 0.833. The largest absolute Gasteiger partial charge is 0.382 e. The minimum Gasteiger partial charge on any atom is -0.382 e. The van der Waals surface area contributed by atoms with Crippen LogP contribution in [-0.2, 0) is 11.2 Å². The van der Waals surface area contributed by atoms with Crippen molar-refractivity contribution in [3.05, 3.63) is 5.82 Å². The molecule has 0 spiro atoms. The molecule has 0 amide bonds. The molecule has 0 aromatic carbocycles. The first-order valence-corrected chi connectivity index (χ1v) is 6.61. The molecule has 2 heterocycles. The first kappa shape index (κ1) is 13.3. The summed E-state index contributed by atoms with van der Waals surface area (Å²) in [5.41, 5.74) is 0. The topological polar surface area (TPSA) is 66.1 Å². The third-order valence-corrected chi connectivity index (χ3v) is 3.36. The molecule has 1 fully saturated rings. The van der Waals surface area contributed by atoms with Gasteiger partial charge in [0.1, 0.15) is 5.82 Å². The summed E-state index contributed by atoms with van der Waals surface area (Å²) in [7, 11) is 1.73. The quantitative estimate of drug-likeness (QED) is 0.803. The van der Waals surface area contributed by atoms with Crippen molar-refractivity contribution in [3.8, 4) is 0 Å². The van der Waals surface area contributed by atoms with E-state index in [0.717, 1.165) is 44.2 Å². The fourth-order valence-corrected chi connectivity index (χ4v) is 2.11. The van der Waals surface area contributed by atoms with Crippen LogP contribution in [-0.4, -0.2) is 54.1 Å². The van der Waals surface area contributed by atoms with Crippen molar-refractivity contribution in [2.45, 2.75) is 38.8 Å². The van der Waals surface area contributed by atoms with Crippen LogP contribution in [0.1, 0.15) is 26.1 Å². The molecule has 6 heteroatoms. The van der Waals surface area contributed by atoms with E-state index in [1.165, 1.54) is 0 Å². The minimum atomic E-state index is 0.262. The average molecular weight is 253 g/mol. The molecule has 0 aliphatic carbocycles. The Morgan fingerprint density at radius 1 is 1.56 bits per heavy atom. The van der Waals surface area contributed by atoms with Gasteiger partial charge in [-0.25, -0.2) is 0 Å². The van der Waals surface area contributed by atoms with Crippen LogP contribution in [0.5, 0.6) is 0 Å². The van der Waals surface area contributed by atoms with Gasteiger partial charge in [0, 0.05) is 39.2 Å². The molecule has 2 rings (SSSR count). The van der Waals surface area contributed by atoms with E-state index in [2.05, 4.69) is 39.2 Å². The van der Waals surface area contributed by atoms with Gasteiger partial charge in [-0.2, -0.15) is 4.98 Å². The number of hydrogen-bond acceptors (Lipinski definition) is 5. The third-order valence-electron chi connectivity index (χ3n) is 3.36. The van der Waals surface area contributed by atoms with Gasteiger partial charge in [-0.05, 0) is 20.3 Å². The van der Waals surface area contributed by atoms with Gasteiger partial charge >= 0.3 is 0 Å². The van der Waals surface area contributed by atoms with Gasteiger partial charge in [0.2, 0.25) is 5.95 Å². The van der Waals surface area contributed by atoms with Crippen molar-refractivity contribution < 1.29 is 4.74 Å². The van der Waals surface area contributed by atoms with Crippen molar-refractivity contribution in [3.63, 3.8) is 0 Å². The second-order valence-electron chi connectivity index (χ2n) is 4.97. The summed E-state index contributed by atoms with van der Waals surface area (Å²) in [5, 5.41) is 10.7. The van der Waals surface area contributed by atoms with Crippen LogP contribution in [0, 0.1) is 0 Å². The number of aromatic nitrogens is 3. The van der Waals surface area contributed by atoms with Crippen molar-refractivity contribution >= 4 is 5.95 Å². The average Bonchev–Trinajstić information content (AvgIpc) is 2.84. The Morgan fingerprint density at radius 2 is 2.39 bits per heavy atom. The summed E-state index contributed by atoms with van der Waals surface area (Å²) in [6, 6.07) is 0.495. The van der Waals surface area contributed by atoms with E-state index in [-0.39, 0.29) is 6.10 Å². The Morgan fingerprint density at radius 3 is 3.11 bits per heavy atom. The summed E-state index contributed by atoms with van der Waals surface area (Å²) in [6.45, 7) is 7.17. The lowest BCUT2D eigenvalue weighted by Gasteiger charge is -2.30. The molecule has 18 heavy (non-hydrogen) atoms. The van der Waals surface area contributed by atoms with Gasteiger partial charge in [-0.1, -0.05) is 0 Å². The summed E-state index contributed by atoms with van der Waals surface area (Å²) < 4.78 is 5.23. The zero-order valence-corrected chi connectivity index (χ0v) is 11.4. The highest BCUT2D eigenvalue weighted by atomic mass is 16.5. The van der Waals surface area contributed by atoms with Gasteiger partial charge in [-0.15, -0.1) is 5.10 Å².